The number of ether oxygens (including phenoxy) is 1. The monoisotopic (exact) mass is 182 g/mol. The van der Waals surface area contributed by atoms with Crippen LogP contribution >= 0.6 is 0 Å². The Kier molecular flexibility index (Phi) is 1.65. The Balaban J connectivity index is 2.49. The number of aromatic nitrogens is 1. The molecule has 1 atom stereocenters. The van der Waals surface area contributed by atoms with Gasteiger partial charge in [-0.15, -0.1) is 0 Å². The fourth-order valence-corrected chi connectivity index (χ4v) is 1.14. The summed E-state index contributed by atoms with van der Waals surface area (Å²) in [6, 6.07) is 3.19. The fourth-order valence-electron chi connectivity index (χ4n) is 1.14. The Hall–Kier alpha value is -1.65. The molecule has 4 nitrogen and oxygen atoms in total. The summed E-state index contributed by atoms with van der Waals surface area (Å²) < 4.78 is 17.6. The van der Waals surface area contributed by atoms with Crippen LogP contribution in [-0.4, -0.2) is 24.3 Å². The number of amides is 1. The summed E-state index contributed by atoms with van der Waals surface area (Å²) in [5.74, 6) is -0.0929. The molecule has 0 spiro atoms. The van der Waals surface area contributed by atoms with Gasteiger partial charge in [0, 0.05) is 13.2 Å². The molecule has 13 heavy (non-hydrogen) atoms. The fraction of sp³-hybridized carbons (Fsp3) is 0.250. The smallest absolute Gasteiger partial charge is 0.317 e. The first kappa shape index (κ1) is 7.97. The molecule has 1 amide bonds. The minimum atomic E-state index is -1.92. The second-order valence-electron chi connectivity index (χ2n) is 2.66. The summed E-state index contributed by atoms with van der Waals surface area (Å²) in [6.07, 6.45) is -0.397. The molecule has 2 rings (SSSR count). The summed E-state index contributed by atoms with van der Waals surface area (Å²) in [5, 5.41) is 0. The number of anilines is 1. The number of fused-ring (bicyclic) bond motifs is 1. The van der Waals surface area contributed by atoms with Gasteiger partial charge in [-0.3, -0.25) is 9.69 Å². The molecule has 0 aliphatic carbocycles. The van der Waals surface area contributed by atoms with Crippen LogP contribution in [0.15, 0.2) is 18.3 Å². The molecule has 1 aromatic heterocycles. The first-order valence-corrected chi connectivity index (χ1v) is 3.73. The Morgan fingerprint density at radius 1 is 1.69 bits per heavy atom. The van der Waals surface area contributed by atoms with Crippen LogP contribution < -0.4 is 9.64 Å². The normalized spacial score (nSPS) is 20.9. The zero-order valence-corrected chi connectivity index (χ0v) is 6.90. The van der Waals surface area contributed by atoms with Crippen molar-refractivity contribution in [2.75, 3.05) is 11.9 Å². The van der Waals surface area contributed by atoms with Crippen molar-refractivity contribution in [1.82, 2.24) is 4.98 Å². The largest absolute Gasteiger partial charge is 0.448 e. The summed E-state index contributed by atoms with van der Waals surface area (Å²) in [7, 11) is 1.46. The average Bonchev–Trinajstić information content (AvgIpc) is 2.15. The molecule has 1 aromatic rings. The number of pyridine rings is 1. The van der Waals surface area contributed by atoms with Gasteiger partial charge in [-0.05, 0) is 12.1 Å². The first-order valence-electron chi connectivity index (χ1n) is 3.73. The quantitative estimate of drug-likeness (QED) is 0.594. The van der Waals surface area contributed by atoms with Crippen molar-refractivity contribution in [3.63, 3.8) is 0 Å². The van der Waals surface area contributed by atoms with E-state index in [1.807, 2.05) is 0 Å². The Labute approximate surface area is 73.9 Å². The Bertz CT molecular complexity index is 356. The molecule has 1 unspecified atom stereocenters. The van der Waals surface area contributed by atoms with Crippen LogP contribution in [-0.2, 0) is 4.79 Å². The lowest BCUT2D eigenvalue weighted by Crippen LogP contribution is -2.41. The van der Waals surface area contributed by atoms with Crippen molar-refractivity contribution >= 4 is 11.7 Å². The van der Waals surface area contributed by atoms with E-state index in [-0.39, 0.29) is 5.75 Å². The molecular formula is C8H7FN2O2. The van der Waals surface area contributed by atoms with E-state index in [1.165, 1.54) is 13.2 Å². The zero-order valence-electron chi connectivity index (χ0n) is 6.90. The standard InChI is InChI=1S/C8H7FN2O2/c1-11-7-5(3-2-4-10-7)13-6(9)8(11)12/h2-4,6H,1H3. The lowest BCUT2D eigenvalue weighted by molar-refractivity contribution is -0.133. The summed E-state index contributed by atoms with van der Waals surface area (Å²) in [6.45, 7) is 0. The molecule has 0 saturated carbocycles. The maximum absolute atomic E-state index is 12.9. The molecule has 5 heteroatoms. The molecule has 2 heterocycles. The summed E-state index contributed by atoms with van der Waals surface area (Å²) in [4.78, 5) is 16.1. The number of hydrogen-bond acceptors (Lipinski definition) is 3. The second kappa shape index (κ2) is 2.69. The lowest BCUT2D eigenvalue weighted by Gasteiger charge is -2.26. The van der Waals surface area contributed by atoms with Crippen molar-refractivity contribution in [2.24, 2.45) is 0 Å². The number of rotatable bonds is 0. The number of hydrogen-bond donors (Lipinski definition) is 0. The molecule has 0 saturated heterocycles. The van der Waals surface area contributed by atoms with Gasteiger partial charge in [0.15, 0.2) is 11.6 Å². The number of nitrogens with zero attached hydrogens (tertiary/aromatic N) is 2. The van der Waals surface area contributed by atoms with E-state index < -0.39 is 12.3 Å². The van der Waals surface area contributed by atoms with Gasteiger partial charge in [-0.2, -0.15) is 4.39 Å². The first-order chi connectivity index (χ1) is 6.20. The zero-order chi connectivity index (χ0) is 9.42. The van der Waals surface area contributed by atoms with Crippen molar-refractivity contribution in [3.05, 3.63) is 18.3 Å². The molecule has 0 N–H and O–H groups in total. The van der Waals surface area contributed by atoms with Crippen molar-refractivity contribution in [1.29, 1.82) is 0 Å². The maximum Gasteiger partial charge on any atom is 0.317 e. The minimum Gasteiger partial charge on any atom is -0.448 e. The van der Waals surface area contributed by atoms with Crippen LogP contribution in [0.2, 0.25) is 0 Å². The second-order valence-corrected chi connectivity index (χ2v) is 2.66. The van der Waals surface area contributed by atoms with Crippen molar-refractivity contribution in [3.8, 4) is 5.75 Å². The number of halogens is 1. The third-order valence-corrected chi connectivity index (χ3v) is 1.82. The summed E-state index contributed by atoms with van der Waals surface area (Å²) in [5.41, 5.74) is 0. The number of likely N-dealkylation sites (N-methyl/N-ethyl adjacent to an activating group) is 1. The highest BCUT2D eigenvalue weighted by Gasteiger charge is 2.32. The SMILES string of the molecule is CN1C(=O)C(F)Oc2cccnc21. The van der Waals surface area contributed by atoms with Crippen LogP contribution in [0.25, 0.3) is 0 Å². The molecule has 0 fully saturated rings. The van der Waals surface area contributed by atoms with E-state index in [1.54, 1.807) is 12.1 Å². The molecular weight excluding hydrogens is 175 g/mol. The van der Waals surface area contributed by atoms with Gasteiger partial charge in [-0.1, -0.05) is 0 Å². The van der Waals surface area contributed by atoms with Crippen molar-refractivity contribution in [2.45, 2.75) is 6.36 Å². The predicted octanol–water partition coefficient (Wildman–Crippen LogP) is 0.732. The minimum absolute atomic E-state index is 0.289. The van der Waals surface area contributed by atoms with E-state index in [0.29, 0.717) is 5.82 Å². The average molecular weight is 182 g/mol. The third kappa shape index (κ3) is 1.12. The van der Waals surface area contributed by atoms with E-state index >= 15 is 0 Å². The van der Waals surface area contributed by atoms with E-state index in [9.17, 15) is 9.18 Å². The molecule has 1 aliphatic rings. The molecule has 0 radical (unpaired) electrons. The predicted molar refractivity (Wildman–Crippen MR) is 43.2 cm³/mol. The molecule has 0 aromatic carbocycles. The highest BCUT2D eigenvalue weighted by molar-refractivity contribution is 5.97. The van der Waals surface area contributed by atoms with E-state index in [2.05, 4.69) is 4.98 Å². The Morgan fingerprint density at radius 2 is 2.46 bits per heavy atom. The van der Waals surface area contributed by atoms with Crippen LogP contribution in [0.1, 0.15) is 0 Å². The number of carbonyl (C=O) groups excluding carboxylic acids is 1. The van der Waals surface area contributed by atoms with Gasteiger partial charge in [0.1, 0.15) is 0 Å². The van der Waals surface area contributed by atoms with Gasteiger partial charge >= 0.3 is 12.3 Å². The van der Waals surface area contributed by atoms with Crippen LogP contribution in [0.4, 0.5) is 10.2 Å². The topological polar surface area (TPSA) is 42.4 Å². The summed E-state index contributed by atoms with van der Waals surface area (Å²) >= 11 is 0. The molecule has 0 bridgehead atoms. The number of alkyl halides is 1. The molecule has 1 aliphatic heterocycles. The highest BCUT2D eigenvalue weighted by atomic mass is 19.1. The van der Waals surface area contributed by atoms with E-state index in [4.69, 9.17) is 4.74 Å². The van der Waals surface area contributed by atoms with E-state index in [0.717, 1.165) is 4.90 Å². The number of carbonyl (C=O) groups is 1. The maximum atomic E-state index is 12.9. The van der Waals surface area contributed by atoms with Gasteiger partial charge in [0.2, 0.25) is 0 Å². The van der Waals surface area contributed by atoms with Crippen LogP contribution in [0.3, 0.4) is 0 Å². The van der Waals surface area contributed by atoms with Gasteiger partial charge in [0.05, 0.1) is 0 Å². The molecule has 68 valence electrons. The lowest BCUT2D eigenvalue weighted by atomic mass is 10.3. The van der Waals surface area contributed by atoms with Gasteiger partial charge < -0.3 is 4.74 Å². The van der Waals surface area contributed by atoms with Crippen LogP contribution in [0.5, 0.6) is 5.75 Å². The third-order valence-electron chi connectivity index (χ3n) is 1.82. The Morgan fingerprint density at radius 3 is 3.23 bits per heavy atom. The van der Waals surface area contributed by atoms with Crippen molar-refractivity contribution < 1.29 is 13.9 Å². The van der Waals surface area contributed by atoms with Gasteiger partial charge in [0.25, 0.3) is 0 Å². The van der Waals surface area contributed by atoms with Crippen LogP contribution in [0, 0.1) is 0 Å². The highest BCUT2D eigenvalue weighted by Crippen LogP contribution is 2.30. The van der Waals surface area contributed by atoms with Gasteiger partial charge in [-0.25, -0.2) is 4.98 Å².